The number of hydrogen-bond acceptors (Lipinski definition) is 2. The highest BCUT2D eigenvalue weighted by Gasteiger charge is 2.16. The molecule has 0 aromatic heterocycles. The van der Waals surface area contributed by atoms with E-state index < -0.39 is 0 Å². The van der Waals surface area contributed by atoms with E-state index in [1.54, 1.807) is 6.07 Å². The van der Waals surface area contributed by atoms with Crippen LogP contribution < -0.4 is 10.1 Å². The van der Waals surface area contributed by atoms with Gasteiger partial charge >= 0.3 is 0 Å². The summed E-state index contributed by atoms with van der Waals surface area (Å²) < 4.78 is 5.76. The van der Waals surface area contributed by atoms with Crippen molar-refractivity contribution in [3.05, 3.63) is 27.7 Å². The molecule has 2 nitrogen and oxygen atoms in total. The second kappa shape index (κ2) is 7.37. The third-order valence-corrected chi connectivity index (χ3v) is 3.97. The standard InChI is InChI=1S/C15H21Cl2NO/c1-2-7-19-15-11(8-12(16)9-14(15)17)10-18-13-5-3-4-6-13/h8-9,13,18H,2-7,10H2,1H3. The minimum Gasteiger partial charge on any atom is -0.492 e. The minimum atomic E-state index is 0.601. The molecule has 0 unspecified atom stereocenters. The summed E-state index contributed by atoms with van der Waals surface area (Å²) in [5.41, 5.74) is 1.05. The van der Waals surface area contributed by atoms with Crippen molar-refractivity contribution in [1.29, 1.82) is 0 Å². The maximum Gasteiger partial charge on any atom is 0.142 e. The molecular formula is C15H21Cl2NO. The summed E-state index contributed by atoms with van der Waals surface area (Å²) in [6.45, 7) is 3.53. The van der Waals surface area contributed by atoms with Crippen LogP contribution in [0.15, 0.2) is 12.1 Å². The van der Waals surface area contributed by atoms with Gasteiger partial charge in [-0.2, -0.15) is 0 Å². The molecule has 1 fully saturated rings. The summed E-state index contributed by atoms with van der Waals surface area (Å²) in [5.74, 6) is 0.776. The molecule has 0 spiro atoms. The lowest BCUT2D eigenvalue weighted by molar-refractivity contribution is 0.313. The number of benzene rings is 1. The van der Waals surface area contributed by atoms with Gasteiger partial charge in [0.2, 0.25) is 0 Å². The fraction of sp³-hybridized carbons (Fsp3) is 0.600. The molecule has 2 rings (SSSR count). The summed E-state index contributed by atoms with van der Waals surface area (Å²) in [6, 6.07) is 4.31. The van der Waals surface area contributed by atoms with Gasteiger partial charge in [-0.15, -0.1) is 0 Å². The van der Waals surface area contributed by atoms with Gasteiger partial charge in [0.05, 0.1) is 11.6 Å². The highest BCUT2D eigenvalue weighted by atomic mass is 35.5. The Balaban J connectivity index is 2.07. The fourth-order valence-corrected chi connectivity index (χ4v) is 3.09. The molecule has 0 saturated heterocycles. The van der Waals surface area contributed by atoms with E-state index in [1.807, 2.05) is 6.07 Å². The van der Waals surface area contributed by atoms with Gasteiger partial charge in [-0.1, -0.05) is 43.0 Å². The molecule has 4 heteroatoms. The zero-order chi connectivity index (χ0) is 13.7. The van der Waals surface area contributed by atoms with Crippen LogP contribution in [-0.2, 0) is 6.54 Å². The molecule has 0 heterocycles. The van der Waals surface area contributed by atoms with E-state index in [-0.39, 0.29) is 0 Å². The van der Waals surface area contributed by atoms with Gasteiger partial charge in [0.15, 0.2) is 0 Å². The van der Waals surface area contributed by atoms with Gasteiger partial charge in [-0.25, -0.2) is 0 Å². The summed E-state index contributed by atoms with van der Waals surface area (Å²) in [7, 11) is 0. The van der Waals surface area contributed by atoms with Crippen LogP contribution in [0.3, 0.4) is 0 Å². The van der Waals surface area contributed by atoms with E-state index in [0.29, 0.717) is 22.7 Å². The van der Waals surface area contributed by atoms with E-state index in [4.69, 9.17) is 27.9 Å². The van der Waals surface area contributed by atoms with Crippen molar-refractivity contribution in [2.45, 2.75) is 51.6 Å². The van der Waals surface area contributed by atoms with Gasteiger partial charge in [0.1, 0.15) is 5.75 Å². The molecule has 1 aromatic rings. The second-order valence-electron chi connectivity index (χ2n) is 5.09. The van der Waals surface area contributed by atoms with Crippen LogP contribution in [-0.4, -0.2) is 12.6 Å². The Labute approximate surface area is 125 Å². The van der Waals surface area contributed by atoms with E-state index in [0.717, 1.165) is 24.3 Å². The van der Waals surface area contributed by atoms with E-state index in [2.05, 4.69) is 12.2 Å². The normalized spacial score (nSPS) is 15.9. The SMILES string of the molecule is CCCOc1c(Cl)cc(Cl)cc1CNC1CCCC1. The Kier molecular flexibility index (Phi) is 5.80. The van der Waals surface area contributed by atoms with Crippen molar-refractivity contribution in [3.8, 4) is 5.75 Å². The maximum absolute atomic E-state index is 6.23. The first-order valence-corrected chi connectivity index (χ1v) is 7.80. The first kappa shape index (κ1) is 15.0. The largest absolute Gasteiger partial charge is 0.492 e. The molecule has 0 radical (unpaired) electrons. The molecule has 106 valence electrons. The predicted molar refractivity (Wildman–Crippen MR) is 81.3 cm³/mol. The molecule has 0 bridgehead atoms. The van der Waals surface area contributed by atoms with Crippen LogP contribution in [0.25, 0.3) is 0 Å². The number of rotatable bonds is 6. The molecule has 0 amide bonds. The van der Waals surface area contributed by atoms with Crippen LogP contribution in [0.5, 0.6) is 5.75 Å². The number of ether oxygens (including phenoxy) is 1. The molecule has 1 aromatic carbocycles. The molecule has 1 N–H and O–H groups in total. The fourth-order valence-electron chi connectivity index (χ4n) is 2.49. The van der Waals surface area contributed by atoms with Crippen molar-refractivity contribution in [3.63, 3.8) is 0 Å². The van der Waals surface area contributed by atoms with Crippen LogP contribution in [0.1, 0.15) is 44.6 Å². The van der Waals surface area contributed by atoms with E-state index in [9.17, 15) is 0 Å². The number of halogens is 2. The highest BCUT2D eigenvalue weighted by Crippen LogP contribution is 2.33. The van der Waals surface area contributed by atoms with Crippen molar-refractivity contribution in [2.75, 3.05) is 6.61 Å². The van der Waals surface area contributed by atoms with Crippen molar-refractivity contribution in [1.82, 2.24) is 5.32 Å². The summed E-state index contributed by atoms with van der Waals surface area (Å²) >= 11 is 12.3. The van der Waals surface area contributed by atoms with Gasteiger partial charge in [0.25, 0.3) is 0 Å². The quantitative estimate of drug-likeness (QED) is 0.814. The van der Waals surface area contributed by atoms with E-state index in [1.165, 1.54) is 25.7 Å². The lowest BCUT2D eigenvalue weighted by Crippen LogP contribution is -2.25. The van der Waals surface area contributed by atoms with Crippen LogP contribution in [0.4, 0.5) is 0 Å². The third kappa shape index (κ3) is 4.27. The Hall–Kier alpha value is -0.440. The molecule has 0 aliphatic heterocycles. The predicted octanol–water partition coefficient (Wildman–Crippen LogP) is 4.81. The topological polar surface area (TPSA) is 21.3 Å². The summed E-state index contributed by atoms with van der Waals surface area (Å²) in [4.78, 5) is 0. The highest BCUT2D eigenvalue weighted by molar-refractivity contribution is 6.35. The molecule has 19 heavy (non-hydrogen) atoms. The van der Waals surface area contributed by atoms with Gasteiger partial charge in [-0.05, 0) is 31.4 Å². The number of nitrogens with one attached hydrogen (secondary N) is 1. The lowest BCUT2D eigenvalue weighted by atomic mass is 10.1. The maximum atomic E-state index is 6.23. The average molecular weight is 302 g/mol. The average Bonchev–Trinajstić information content (AvgIpc) is 2.88. The van der Waals surface area contributed by atoms with Gasteiger partial charge < -0.3 is 10.1 Å². The monoisotopic (exact) mass is 301 g/mol. The molecule has 1 aliphatic carbocycles. The van der Waals surface area contributed by atoms with Gasteiger partial charge in [-0.3, -0.25) is 0 Å². The molecule has 1 aliphatic rings. The summed E-state index contributed by atoms with van der Waals surface area (Å²) in [5, 5.41) is 4.84. The smallest absolute Gasteiger partial charge is 0.142 e. The minimum absolute atomic E-state index is 0.601. The van der Waals surface area contributed by atoms with Crippen molar-refractivity contribution in [2.24, 2.45) is 0 Å². The third-order valence-electron chi connectivity index (χ3n) is 3.47. The summed E-state index contributed by atoms with van der Waals surface area (Å²) in [6.07, 6.45) is 6.15. The molecular weight excluding hydrogens is 281 g/mol. The Morgan fingerprint density at radius 3 is 2.68 bits per heavy atom. The zero-order valence-electron chi connectivity index (χ0n) is 11.3. The van der Waals surface area contributed by atoms with E-state index >= 15 is 0 Å². The van der Waals surface area contributed by atoms with Crippen LogP contribution in [0, 0.1) is 0 Å². The first-order chi connectivity index (χ1) is 9.20. The zero-order valence-corrected chi connectivity index (χ0v) is 12.9. The Morgan fingerprint density at radius 2 is 2.00 bits per heavy atom. The second-order valence-corrected chi connectivity index (χ2v) is 5.93. The number of hydrogen-bond donors (Lipinski definition) is 1. The van der Waals surface area contributed by atoms with Gasteiger partial charge in [0, 0.05) is 23.2 Å². The van der Waals surface area contributed by atoms with Crippen molar-refractivity contribution >= 4 is 23.2 Å². The first-order valence-electron chi connectivity index (χ1n) is 7.04. The molecule has 1 saturated carbocycles. The Morgan fingerprint density at radius 1 is 1.26 bits per heavy atom. The lowest BCUT2D eigenvalue weighted by Gasteiger charge is -2.16. The van der Waals surface area contributed by atoms with Crippen molar-refractivity contribution < 1.29 is 4.74 Å². The molecule has 0 atom stereocenters. The Bertz CT molecular complexity index is 417. The van der Waals surface area contributed by atoms with Crippen LogP contribution >= 0.6 is 23.2 Å². The van der Waals surface area contributed by atoms with Crippen LogP contribution in [0.2, 0.25) is 10.0 Å².